The number of aliphatic hydroxyl groups excluding tert-OH is 1. The van der Waals surface area contributed by atoms with Gasteiger partial charge in [0, 0.05) is 6.42 Å². The predicted octanol–water partition coefficient (Wildman–Crippen LogP) is 1.83. The summed E-state index contributed by atoms with van der Waals surface area (Å²) < 4.78 is 11.3. The number of aliphatic hydroxyl groups is 1. The molecule has 0 amide bonds. The fourth-order valence-corrected chi connectivity index (χ4v) is 2.17. The molecule has 0 aromatic heterocycles. The molecular formula is C11H12O3. The zero-order valence-electron chi connectivity index (χ0n) is 7.82. The average molecular weight is 192 g/mol. The molecule has 3 rings (SSSR count). The first-order valence-corrected chi connectivity index (χ1v) is 4.90. The van der Waals surface area contributed by atoms with Crippen molar-refractivity contribution in [1.29, 1.82) is 0 Å². The molecule has 14 heavy (non-hydrogen) atoms. The van der Waals surface area contributed by atoms with E-state index in [-0.39, 0.29) is 0 Å². The fourth-order valence-electron chi connectivity index (χ4n) is 2.17. The van der Waals surface area contributed by atoms with Gasteiger partial charge in [-0.15, -0.1) is 0 Å². The Kier molecular flexibility index (Phi) is 1.60. The van der Waals surface area contributed by atoms with Gasteiger partial charge in [-0.25, -0.2) is 0 Å². The minimum atomic E-state index is -0.531. The number of fused-ring (bicyclic) bond motifs is 1. The average Bonchev–Trinajstić information content (AvgIpc) is 2.60. The lowest BCUT2D eigenvalue weighted by Crippen LogP contribution is -2.37. The highest BCUT2D eigenvalue weighted by Crippen LogP contribution is 2.42. The van der Waals surface area contributed by atoms with Crippen LogP contribution in [-0.4, -0.2) is 24.1 Å². The SMILES string of the molecule is OC1=CC2=CC3(CC2=C1)OCCCO3. The van der Waals surface area contributed by atoms with Crippen LogP contribution in [-0.2, 0) is 9.47 Å². The second kappa shape index (κ2) is 2.72. The molecule has 3 heteroatoms. The van der Waals surface area contributed by atoms with Crippen molar-refractivity contribution < 1.29 is 14.6 Å². The zero-order chi connectivity index (χ0) is 9.60. The second-order valence-electron chi connectivity index (χ2n) is 3.88. The van der Waals surface area contributed by atoms with Crippen molar-refractivity contribution in [2.75, 3.05) is 13.2 Å². The van der Waals surface area contributed by atoms with E-state index >= 15 is 0 Å². The molecule has 1 spiro atoms. The maximum Gasteiger partial charge on any atom is 0.192 e. The van der Waals surface area contributed by atoms with Gasteiger partial charge >= 0.3 is 0 Å². The summed E-state index contributed by atoms with van der Waals surface area (Å²) in [6, 6.07) is 0. The molecule has 3 nitrogen and oxygen atoms in total. The van der Waals surface area contributed by atoms with Crippen LogP contribution in [0.2, 0.25) is 0 Å². The number of hydrogen-bond acceptors (Lipinski definition) is 3. The van der Waals surface area contributed by atoms with E-state index in [1.807, 2.05) is 6.08 Å². The molecule has 0 bridgehead atoms. The smallest absolute Gasteiger partial charge is 0.192 e. The first kappa shape index (κ1) is 8.26. The van der Waals surface area contributed by atoms with Crippen LogP contribution in [0.5, 0.6) is 0 Å². The lowest BCUT2D eigenvalue weighted by atomic mass is 10.1. The molecule has 1 aliphatic heterocycles. The van der Waals surface area contributed by atoms with Gasteiger partial charge in [0.25, 0.3) is 0 Å². The molecule has 1 heterocycles. The molecule has 3 aliphatic rings. The van der Waals surface area contributed by atoms with E-state index in [0.29, 0.717) is 5.76 Å². The van der Waals surface area contributed by atoms with Crippen molar-refractivity contribution in [3.05, 3.63) is 35.1 Å². The van der Waals surface area contributed by atoms with Crippen LogP contribution in [0.4, 0.5) is 0 Å². The van der Waals surface area contributed by atoms with Gasteiger partial charge in [-0.3, -0.25) is 0 Å². The summed E-state index contributed by atoms with van der Waals surface area (Å²) in [4.78, 5) is 0. The van der Waals surface area contributed by atoms with Crippen LogP contribution in [0.15, 0.2) is 35.1 Å². The second-order valence-corrected chi connectivity index (χ2v) is 3.88. The van der Waals surface area contributed by atoms with Crippen molar-refractivity contribution in [2.45, 2.75) is 18.6 Å². The highest BCUT2D eigenvalue weighted by molar-refractivity contribution is 5.55. The van der Waals surface area contributed by atoms with Crippen LogP contribution in [0.3, 0.4) is 0 Å². The van der Waals surface area contributed by atoms with E-state index in [1.165, 1.54) is 0 Å². The molecule has 1 N–H and O–H groups in total. The first-order valence-electron chi connectivity index (χ1n) is 4.90. The van der Waals surface area contributed by atoms with Crippen LogP contribution in [0.25, 0.3) is 0 Å². The van der Waals surface area contributed by atoms with Gasteiger partial charge in [-0.1, -0.05) is 0 Å². The number of hydrogen-bond donors (Lipinski definition) is 1. The van der Waals surface area contributed by atoms with E-state index in [9.17, 15) is 5.11 Å². The van der Waals surface area contributed by atoms with Crippen molar-refractivity contribution in [3.8, 4) is 0 Å². The van der Waals surface area contributed by atoms with Gasteiger partial charge < -0.3 is 14.6 Å². The molecular weight excluding hydrogens is 180 g/mol. The Hall–Kier alpha value is -1.06. The number of allylic oxidation sites excluding steroid dienone is 3. The first-order chi connectivity index (χ1) is 6.77. The van der Waals surface area contributed by atoms with E-state index < -0.39 is 5.79 Å². The van der Waals surface area contributed by atoms with E-state index in [1.54, 1.807) is 12.2 Å². The quantitative estimate of drug-likeness (QED) is 0.636. The summed E-state index contributed by atoms with van der Waals surface area (Å²) in [5, 5.41) is 9.28. The summed E-state index contributed by atoms with van der Waals surface area (Å²) in [7, 11) is 0. The summed E-state index contributed by atoms with van der Waals surface area (Å²) >= 11 is 0. The summed E-state index contributed by atoms with van der Waals surface area (Å²) in [5.74, 6) is -0.201. The minimum absolute atomic E-state index is 0.330. The lowest BCUT2D eigenvalue weighted by Gasteiger charge is -2.32. The van der Waals surface area contributed by atoms with E-state index in [4.69, 9.17) is 9.47 Å². The van der Waals surface area contributed by atoms with Gasteiger partial charge in [0.1, 0.15) is 5.76 Å². The summed E-state index contributed by atoms with van der Waals surface area (Å²) in [5.41, 5.74) is 2.16. The topological polar surface area (TPSA) is 38.7 Å². The third-order valence-electron chi connectivity index (χ3n) is 2.79. The molecule has 0 radical (unpaired) electrons. The molecule has 0 aromatic rings. The Balaban J connectivity index is 1.91. The number of rotatable bonds is 0. The van der Waals surface area contributed by atoms with Crippen LogP contribution in [0, 0.1) is 0 Å². The summed E-state index contributed by atoms with van der Waals surface area (Å²) in [6.07, 6.45) is 7.20. The molecule has 0 atom stereocenters. The van der Waals surface area contributed by atoms with Crippen molar-refractivity contribution >= 4 is 0 Å². The normalized spacial score (nSPS) is 28.4. The molecule has 1 saturated heterocycles. The Morgan fingerprint density at radius 3 is 2.71 bits per heavy atom. The minimum Gasteiger partial charge on any atom is -0.508 e. The zero-order valence-corrected chi connectivity index (χ0v) is 7.82. The predicted molar refractivity (Wildman–Crippen MR) is 50.7 cm³/mol. The Morgan fingerprint density at radius 2 is 2.00 bits per heavy atom. The van der Waals surface area contributed by atoms with Crippen molar-refractivity contribution in [1.82, 2.24) is 0 Å². The molecule has 0 unspecified atom stereocenters. The van der Waals surface area contributed by atoms with Gasteiger partial charge in [0.05, 0.1) is 13.2 Å². The van der Waals surface area contributed by atoms with Gasteiger partial charge in [0.15, 0.2) is 5.79 Å². The molecule has 1 fully saturated rings. The standard InChI is InChI=1S/C11H12O3/c12-10-4-8-6-11(7-9(8)5-10)13-2-1-3-14-11/h4-6,12H,1-3,7H2. The van der Waals surface area contributed by atoms with Crippen LogP contribution < -0.4 is 0 Å². The third-order valence-corrected chi connectivity index (χ3v) is 2.79. The highest BCUT2D eigenvalue weighted by atomic mass is 16.7. The fraction of sp³-hybridized carbons (Fsp3) is 0.455. The highest BCUT2D eigenvalue weighted by Gasteiger charge is 2.40. The van der Waals surface area contributed by atoms with Gasteiger partial charge in [-0.05, 0) is 35.8 Å². The largest absolute Gasteiger partial charge is 0.508 e. The Bertz CT molecular complexity index is 357. The molecule has 0 aromatic carbocycles. The molecule has 0 saturated carbocycles. The Labute approximate surface area is 82.3 Å². The van der Waals surface area contributed by atoms with Crippen LogP contribution >= 0.6 is 0 Å². The molecule has 2 aliphatic carbocycles. The van der Waals surface area contributed by atoms with Crippen molar-refractivity contribution in [3.63, 3.8) is 0 Å². The van der Waals surface area contributed by atoms with E-state index in [0.717, 1.165) is 37.2 Å². The van der Waals surface area contributed by atoms with Crippen LogP contribution in [0.1, 0.15) is 12.8 Å². The third kappa shape index (κ3) is 1.13. The van der Waals surface area contributed by atoms with E-state index in [2.05, 4.69) is 0 Å². The van der Waals surface area contributed by atoms with Gasteiger partial charge in [-0.2, -0.15) is 0 Å². The Morgan fingerprint density at radius 1 is 1.21 bits per heavy atom. The lowest BCUT2D eigenvalue weighted by molar-refractivity contribution is -0.231. The monoisotopic (exact) mass is 192 g/mol. The molecule has 74 valence electrons. The summed E-state index contributed by atoms with van der Waals surface area (Å²) in [6.45, 7) is 1.51. The maximum absolute atomic E-state index is 9.28. The van der Waals surface area contributed by atoms with Gasteiger partial charge in [0.2, 0.25) is 0 Å². The maximum atomic E-state index is 9.28. The number of ether oxygens (including phenoxy) is 2. The van der Waals surface area contributed by atoms with Crippen molar-refractivity contribution in [2.24, 2.45) is 0 Å².